The monoisotopic (exact) mass is 452 g/mol. The van der Waals surface area contributed by atoms with E-state index in [9.17, 15) is 18.4 Å². The normalized spacial score (nSPS) is 16.1. The van der Waals surface area contributed by atoms with Crippen molar-refractivity contribution in [2.75, 3.05) is 29.9 Å². The molecule has 0 spiro atoms. The Morgan fingerprint density at radius 3 is 2.55 bits per heavy atom. The maximum atomic E-state index is 14.7. The smallest absolute Gasteiger partial charge is 0.322 e. The van der Waals surface area contributed by atoms with Gasteiger partial charge in [-0.05, 0) is 44.2 Å². The molecule has 1 N–H and O–H groups in total. The fourth-order valence-electron chi connectivity index (χ4n) is 4.16. The Balaban J connectivity index is 1.50. The van der Waals surface area contributed by atoms with Gasteiger partial charge in [-0.25, -0.2) is 13.6 Å². The number of piperazine rings is 1. The van der Waals surface area contributed by atoms with E-state index in [-0.39, 0.29) is 35.6 Å². The molecule has 6 nitrogen and oxygen atoms in total. The largest absolute Gasteiger partial charge is 0.365 e. The van der Waals surface area contributed by atoms with E-state index in [1.807, 2.05) is 11.8 Å². The summed E-state index contributed by atoms with van der Waals surface area (Å²) < 4.78 is 30.3. The van der Waals surface area contributed by atoms with E-state index in [1.165, 1.54) is 22.8 Å². The first-order chi connectivity index (χ1) is 15.8. The number of urea groups is 1. The van der Waals surface area contributed by atoms with Crippen LogP contribution in [-0.2, 0) is 6.54 Å². The lowest BCUT2D eigenvalue weighted by atomic mass is 10.1. The van der Waals surface area contributed by atoms with Crippen molar-refractivity contribution in [1.29, 1.82) is 0 Å². The van der Waals surface area contributed by atoms with Crippen molar-refractivity contribution >= 4 is 17.4 Å². The molecule has 2 heterocycles. The molecule has 0 radical (unpaired) electrons. The van der Waals surface area contributed by atoms with Crippen LogP contribution in [-0.4, -0.2) is 41.2 Å². The van der Waals surface area contributed by atoms with Crippen LogP contribution in [0.15, 0.2) is 65.6 Å². The second-order valence-electron chi connectivity index (χ2n) is 8.26. The first kappa shape index (κ1) is 22.5. The maximum Gasteiger partial charge on any atom is 0.322 e. The number of anilines is 2. The number of halogens is 2. The average Bonchev–Trinajstić information content (AvgIpc) is 2.79. The van der Waals surface area contributed by atoms with Gasteiger partial charge in [0.1, 0.15) is 11.6 Å². The summed E-state index contributed by atoms with van der Waals surface area (Å²) in [5, 5.41) is 2.81. The van der Waals surface area contributed by atoms with E-state index in [0.29, 0.717) is 36.6 Å². The number of nitrogens with zero attached hydrogens (tertiary/aromatic N) is 3. The fraction of sp³-hybridized carbons (Fsp3) is 0.280. The van der Waals surface area contributed by atoms with E-state index in [2.05, 4.69) is 5.32 Å². The van der Waals surface area contributed by atoms with E-state index in [0.717, 1.165) is 0 Å². The Morgan fingerprint density at radius 2 is 1.79 bits per heavy atom. The molecule has 3 aromatic rings. The highest BCUT2D eigenvalue weighted by atomic mass is 19.1. The predicted molar refractivity (Wildman–Crippen MR) is 125 cm³/mol. The van der Waals surface area contributed by atoms with E-state index < -0.39 is 5.82 Å². The van der Waals surface area contributed by atoms with Crippen LogP contribution in [0.3, 0.4) is 0 Å². The van der Waals surface area contributed by atoms with Crippen molar-refractivity contribution in [3.05, 3.63) is 93.9 Å². The highest BCUT2D eigenvalue weighted by molar-refractivity contribution is 5.90. The Hall–Kier alpha value is -3.68. The topological polar surface area (TPSA) is 57.6 Å². The number of para-hydroxylation sites is 1. The van der Waals surface area contributed by atoms with Crippen LogP contribution in [0.25, 0.3) is 0 Å². The molecule has 1 aliphatic heterocycles. The van der Waals surface area contributed by atoms with Crippen LogP contribution < -0.4 is 15.8 Å². The van der Waals surface area contributed by atoms with E-state index >= 15 is 0 Å². The van der Waals surface area contributed by atoms with Gasteiger partial charge < -0.3 is 19.7 Å². The Labute approximate surface area is 191 Å². The lowest BCUT2D eigenvalue weighted by Crippen LogP contribution is -2.55. The van der Waals surface area contributed by atoms with Crippen molar-refractivity contribution < 1.29 is 13.6 Å². The third kappa shape index (κ3) is 4.74. The van der Waals surface area contributed by atoms with Crippen molar-refractivity contribution in [3.63, 3.8) is 0 Å². The molecule has 0 bridgehead atoms. The summed E-state index contributed by atoms with van der Waals surface area (Å²) in [5.74, 6) is -0.794. The number of carbonyl (C=O) groups is 1. The second-order valence-corrected chi connectivity index (χ2v) is 8.26. The first-order valence-corrected chi connectivity index (χ1v) is 10.9. The molecule has 2 aromatic carbocycles. The summed E-state index contributed by atoms with van der Waals surface area (Å²) in [7, 11) is 0. The standard InChI is InChI=1S/C25H26F2N4O2/c1-17-7-6-12-30(24(17)32)16-19-20(26)9-5-10-22(19)28-25(33)31-14-13-29(15-18(31)2)23-11-4-3-8-21(23)27/h3-12,18H,13-16H2,1-2H3,(H,28,33). The molecule has 1 unspecified atom stereocenters. The van der Waals surface area contributed by atoms with Crippen LogP contribution in [0.2, 0.25) is 0 Å². The zero-order chi connectivity index (χ0) is 23.5. The van der Waals surface area contributed by atoms with Gasteiger partial charge in [0.25, 0.3) is 5.56 Å². The summed E-state index contributed by atoms with van der Waals surface area (Å²) in [6.45, 7) is 4.94. The van der Waals surface area contributed by atoms with Gasteiger partial charge in [-0.3, -0.25) is 4.79 Å². The number of amides is 2. The van der Waals surface area contributed by atoms with Gasteiger partial charge in [0.2, 0.25) is 0 Å². The predicted octanol–water partition coefficient (Wildman–Crippen LogP) is 4.23. The van der Waals surface area contributed by atoms with Gasteiger partial charge in [0.15, 0.2) is 0 Å². The number of carbonyl (C=O) groups excluding carboxylic acids is 1. The van der Waals surface area contributed by atoms with Crippen LogP contribution in [0.4, 0.5) is 25.0 Å². The molecule has 1 aliphatic rings. The van der Waals surface area contributed by atoms with Crippen molar-refractivity contribution in [2.24, 2.45) is 0 Å². The molecule has 2 amide bonds. The molecule has 1 fully saturated rings. The summed E-state index contributed by atoms with van der Waals surface area (Å²) in [6.07, 6.45) is 1.59. The van der Waals surface area contributed by atoms with Gasteiger partial charge in [-0.2, -0.15) is 0 Å². The summed E-state index contributed by atoms with van der Waals surface area (Å²) >= 11 is 0. The number of pyridine rings is 1. The molecule has 33 heavy (non-hydrogen) atoms. The summed E-state index contributed by atoms with van der Waals surface area (Å²) in [4.78, 5) is 29.0. The highest BCUT2D eigenvalue weighted by Crippen LogP contribution is 2.24. The number of hydrogen-bond acceptors (Lipinski definition) is 3. The molecule has 172 valence electrons. The summed E-state index contributed by atoms with van der Waals surface area (Å²) in [5.41, 5.74) is 1.41. The molecular weight excluding hydrogens is 426 g/mol. The van der Waals surface area contributed by atoms with E-state index in [4.69, 9.17) is 0 Å². The Morgan fingerprint density at radius 1 is 1.03 bits per heavy atom. The van der Waals surface area contributed by atoms with Crippen molar-refractivity contribution in [1.82, 2.24) is 9.47 Å². The molecule has 4 rings (SSSR count). The Kier molecular flexibility index (Phi) is 6.44. The third-order valence-corrected chi connectivity index (χ3v) is 5.98. The van der Waals surface area contributed by atoms with Gasteiger partial charge in [-0.15, -0.1) is 0 Å². The lowest BCUT2D eigenvalue weighted by Gasteiger charge is -2.41. The third-order valence-electron chi connectivity index (χ3n) is 5.98. The SMILES string of the molecule is Cc1cccn(Cc2c(F)cccc2NC(=O)N2CCN(c3ccccc3F)CC2C)c1=O. The number of aryl methyl sites for hydroxylation is 1. The average molecular weight is 453 g/mol. The second kappa shape index (κ2) is 9.44. The van der Waals surface area contributed by atoms with Crippen molar-refractivity contribution in [2.45, 2.75) is 26.4 Å². The molecule has 1 saturated heterocycles. The number of benzene rings is 2. The van der Waals surface area contributed by atoms with Gasteiger partial charge in [0.05, 0.1) is 17.9 Å². The molecule has 8 heteroatoms. The Bertz CT molecular complexity index is 1230. The van der Waals surface area contributed by atoms with Crippen molar-refractivity contribution in [3.8, 4) is 0 Å². The molecule has 0 saturated carbocycles. The number of hydrogen-bond donors (Lipinski definition) is 1. The van der Waals surface area contributed by atoms with E-state index in [1.54, 1.807) is 54.4 Å². The van der Waals surface area contributed by atoms with Crippen LogP contribution >= 0.6 is 0 Å². The van der Waals surface area contributed by atoms with Gasteiger partial charge in [-0.1, -0.05) is 24.3 Å². The number of aromatic nitrogens is 1. The maximum absolute atomic E-state index is 14.7. The van der Waals surface area contributed by atoms with Crippen LogP contribution in [0.1, 0.15) is 18.1 Å². The zero-order valence-electron chi connectivity index (χ0n) is 18.6. The number of rotatable bonds is 4. The molecule has 1 aromatic heterocycles. The minimum absolute atomic E-state index is 0.000580. The molecule has 1 atom stereocenters. The first-order valence-electron chi connectivity index (χ1n) is 10.9. The fourth-order valence-corrected chi connectivity index (χ4v) is 4.16. The summed E-state index contributed by atoms with van der Waals surface area (Å²) in [6, 6.07) is 13.9. The van der Waals surface area contributed by atoms with Gasteiger partial charge >= 0.3 is 6.03 Å². The van der Waals surface area contributed by atoms with Crippen LogP contribution in [0.5, 0.6) is 0 Å². The minimum Gasteiger partial charge on any atom is -0.365 e. The van der Waals surface area contributed by atoms with Gasteiger partial charge in [0, 0.05) is 43.0 Å². The molecular formula is C25H26F2N4O2. The van der Waals surface area contributed by atoms with Crippen LogP contribution in [0, 0.1) is 18.6 Å². The number of nitrogens with one attached hydrogen (secondary N) is 1. The molecule has 0 aliphatic carbocycles. The quantitative estimate of drug-likeness (QED) is 0.645. The minimum atomic E-state index is -0.501. The lowest BCUT2D eigenvalue weighted by molar-refractivity contribution is 0.184. The highest BCUT2D eigenvalue weighted by Gasteiger charge is 2.29. The zero-order valence-corrected chi connectivity index (χ0v) is 18.6.